The summed E-state index contributed by atoms with van der Waals surface area (Å²) in [5.74, 6) is -0.312. The molecule has 76 valence electrons. The minimum Gasteiger partial charge on any atom is -0.303 e. The van der Waals surface area contributed by atoms with E-state index >= 15 is 0 Å². The second kappa shape index (κ2) is 4.04. The van der Waals surface area contributed by atoms with Crippen molar-refractivity contribution < 1.29 is 9.18 Å². The summed E-state index contributed by atoms with van der Waals surface area (Å²) in [6, 6.07) is 6.41. The van der Waals surface area contributed by atoms with E-state index in [1.54, 1.807) is 29.0 Å². The highest BCUT2D eigenvalue weighted by atomic mass is 19.1. The first-order valence-electron chi connectivity index (χ1n) is 4.52. The highest BCUT2D eigenvalue weighted by Crippen LogP contribution is 2.12. The molecule has 1 heterocycles. The molecule has 1 aromatic carbocycles. The van der Waals surface area contributed by atoms with Gasteiger partial charge < -0.3 is 9.36 Å². The number of nitrogens with zero attached hydrogens (tertiary/aromatic N) is 2. The Balaban J connectivity index is 2.37. The van der Waals surface area contributed by atoms with Crippen LogP contribution in [0.1, 0.15) is 5.69 Å². The zero-order valence-electron chi connectivity index (χ0n) is 7.93. The summed E-state index contributed by atoms with van der Waals surface area (Å²) in [5.41, 5.74) is 1.07. The molecule has 1 aromatic heterocycles. The van der Waals surface area contributed by atoms with Gasteiger partial charge >= 0.3 is 0 Å². The third-order valence-corrected chi connectivity index (χ3v) is 2.06. The van der Waals surface area contributed by atoms with E-state index in [-0.39, 0.29) is 12.2 Å². The van der Waals surface area contributed by atoms with Crippen LogP contribution in [-0.2, 0) is 11.2 Å². The SMILES string of the molecule is O=CCc1cn(-c2ccccc2F)cn1. The number of aldehydes is 1. The summed E-state index contributed by atoms with van der Waals surface area (Å²) in [4.78, 5) is 14.3. The number of carbonyl (C=O) groups is 1. The van der Waals surface area contributed by atoms with E-state index in [1.807, 2.05) is 0 Å². The van der Waals surface area contributed by atoms with E-state index < -0.39 is 0 Å². The van der Waals surface area contributed by atoms with Crippen LogP contribution in [0.15, 0.2) is 36.8 Å². The van der Waals surface area contributed by atoms with E-state index in [0.29, 0.717) is 11.4 Å². The molecule has 3 nitrogen and oxygen atoms in total. The predicted octanol–water partition coefficient (Wildman–Crippen LogP) is 1.75. The Bertz CT molecular complexity index is 479. The molecule has 2 aromatic rings. The largest absolute Gasteiger partial charge is 0.303 e. The molecule has 15 heavy (non-hydrogen) atoms. The molecule has 0 radical (unpaired) electrons. The number of benzene rings is 1. The maximum Gasteiger partial charge on any atom is 0.147 e. The molecule has 4 heteroatoms. The molecule has 0 bridgehead atoms. The molecule has 0 saturated heterocycles. The second-order valence-corrected chi connectivity index (χ2v) is 3.09. The lowest BCUT2D eigenvalue weighted by Gasteiger charge is -2.01. The van der Waals surface area contributed by atoms with Crippen LogP contribution in [-0.4, -0.2) is 15.8 Å². The van der Waals surface area contributed by atoms with Crippen LogP contribution < -0.4 is 0 Å². The molecule has 0 saturated carbocycles. The van der Waals surface area contributed by atoms with Gasteiger partial charge in [0, 0.05) is 12.6 Å². The maximum absolute atomic E-state index is 13.4. The Morgan fingerprint density at radius 1 is 1.40 bits per heavy atom. The fourth-order valence-electron chi connectivity index (χ4n) is 1.35. The van der Waals surface area contributed by atoms with Crippen molar-refractivity contribution in [2.24, 2.45) is 0 Å². The normalized spacial score (nSPS) is 10.2. The lowest BCUT2D eigenvalue weighted by molar-refractivity contribution is -0.107. The van der Waals surface area contributed by atoms with E-state index in [2.05, 4.69) is 4.98 Å². The summed E-state index contributed by atoms with van der Waals surface area (Å²) < 4.78 is 14.9. The molecule has 2 rings (SSSR count). The molecule has 0 fully saturated rings. The Labute approximate surface area is 86.2 Å². The van der Waals surface area contributed by atoms with Crippen LogP contribution in [0.25, 0.3) is 5.69 Å². The first-order chi connectivity index (χ1) is 7.31. The van der Waals surface area contributed by atoms with Crippen molar-refractivity contribution >= 4 is 6.29 Å². The summed E-state index contributed by atoms with van der Waals surface area (Å²) in [6.07, 6.45) is 4.17. The number of hydrogen-bond donors (Lipinski definition) is 0. The molecular weight excluding hydrogens is 195 g/mol. The highest BCUT2D eigenvalue weighted by Gasteiger charge is 2.04. The van der Waals surface area contributed by atoms with Gasteiger partial charge in [0.1, 0.15) is 12.1 Å². The van der Waals surface area contributed by atoms with E-state index in [4.69, 9.17) is 0 Å². The fraction of sp³-hybridized carbons (Fsp3) is 0.0909. The monoisotopic (exact) mass is 204 g/mol. The number of rotatable bonds is 3. The Morgan fingerprint density at radius 2 is 2.20 bits per heavy atom. The van der Waals surface area contributed by atoms with Gasteiger partial charge in [0.05, 0.1) is 17.7 Å². The van der Waals surface area contributed by atoms with Crippen molar-refractivity contribution in [2.45, 2.75) is 6.42 Å². The molecule has 0 amide bonds. The van der Waals surface area contributed by atoms with Gasteiger partial charge in [-0.1, -0.05) is 12.1 Å². The molecule has 0 spiro atoms. The van der Waals surface area contributed by atoms with Gasteiger partial charge in [-0.3, -0.25) is 0 Å². The van der Waals surface area contributed by atoms with Crippen LogP contribution in [0.2, 0.25) is 0 Å². The average molecular weight is 204 g/mol. The third kappa shape index (κ3) is 1.93. The van der Waals surface area contributed by atoms with Crippen molar-refractivity contribution in [3.05, 3.63) is 48.3 Å². The number of carbonyl (C=O) groups excluding carboxylic acids is 1. The molecule has 0 aliphatic rings. The summed E-state index contributed by atoms with van der Waals surface area (Å²) in [6.45, 7) is 0. The Kier molecular flexibility index (Phi) is 2.58. The van der Waals surface area contributed by atoms with Crippen LogP contribution in [0.5, 0.6) is 0 Å². The molecule has 0 aliphatic carbocycles. The first-order valence-corrected chi connectivity index (χ1v) is 4.52. The lowest BCUT2D eigenvalue weighted by Crippen LogP contribution is -1.93. The van der Waals surface area contributed by atoms with Gasteiger partial charge in [-0.15, -0.1) is 0 Å². The van der Waals surface area contributed by atoms with E-state index in [9.17, 15) is 9.18 Å². The topological polar surface area (TPSA) is 34.9 Å². The van der Waals surface area contributed by atoms with Gasteiger partial charge in [0.25, 0.3) is 0 Å². The van der Waals surface area contributed by atoms with Crippen molar-refractivity contribution in [3.63, 3.8) is 0 Å². The summed E-state index contributed by atoms with van der Waals surface area (Å²) in [7, 11) is 0. The van der Waals surface area contributed by atoms with Crippen molar-refractivity contribution in [1.82, 2.24) is 9.55 Å². The van der Waals surface area contributed by atoms with Crippen molar-refractivity contribution in [2.75, 3.05) is 0 Å². The van der Waals surface area contributed by atoms with Gasteiger partial charge in [0.2, 0.25) is 0 Å². The summed E-state index contributed by atoms with van der Waals surface area (Å²) >= 11 is 0. The molecule has 0 unspecified atom stereocenters. The fourth-order valence-corrected chi connectivity index (χ4v) is 1.35. The maximum atomic E-state index is 13.4. The number of imidazole rings is 1. The Morgan fingerprint density at radius 3 is 2.93 bits per heavy atom. The molecule has 0 aliphatic heterocycles. The number of aromatic nitrogens is 2. The molecular formula is C11H9FN2O. The van der Waals surface area contributed by atoms with Gasteiger partial charge in [-0.25, -0.2) is 9.37 Å². The number of para-hydroxylation sites is 1. The van der Waals surface area contributed by atoms with Gasteiger partial charge in [-0.2, -0.15) is 0 Å². The number of halogens is 1. The van der Waals surface area contributed by atoms with Crippen LogP contribution in [0.4, 0.5) is 4.39 Å². The zero-order valence-corrected chi connectivity index (χ0v) is 7.93. The van der Waals surface area contributed by atoms with Crippen LogP contribution >= 0.6 is 0 Å². The van der Waals surface area contributed by atoms with Crippen LogP contribution in [0, 0.1) is 5.82 Å². The summed E-state index contributed by atoms with van der Waals surface area (Å²) in [5, 5.41) is 0. The first kappa shape index (κ1) is 9.58. The third-order valence-electron chi connectivity index (χ3n) is 2.06. The minimum atomic E-state index is -0.312. The molecule has 0 N–H and O–H groups in total. The molecule has 0 atom stereocenters. The van der Waals surface area contributed by atoms with Gasteiger partial charge in [-0.05, 0) is 12.1 Å². The smallest absolute Gasteiger partial charge is 0.147 e. The van der Waals surface area contributed by atoms with E-state index in [0.717, 1.165) is 6.29 Å². The van der Waals surface area contributed by atoms with Crippen LogP contribution in [0.3, 0.4) is 0 Å². The van der Waals surface area contributed by atoms with Crippen molar-refractivity contribution in [3.8, 4) is 5.69 Å². The number of hydrogen-bond acceptors (Lipinski definition) is 2. The van der Waals surface area contributed by atoms with Crippen molar-refractivity contribution in [1.29, 1.82) is 0 Å². The highest BCUT2D eigenvalue weighted by molar-refractivity contribution is 5.53. The van der Waals surface area contributed by atoms with Gasteiger partial charge in [0.15, 0.2) is 0 Å². The average Bonchev–Trinajstić information content (AvgIpc) is 2.68. The zero-order chi connectivity index (χ0) is 10.7. The standard InChI is InChI=1S/C11H9FN2O/c12-10-3-1-2-4-11(10)14-7-9(5-6-15)13-8-14/h1-4,6-8H,5H2. The second-order valence-electron chi connectivity index (χ2n) is 3.09. The lowest BCUT2D eigenvalue weighted by atomic mass is 10.3. The Hall–Kier alpha value is -1.97. The van der Waals surface area contributed by atoms with E-state index in [1.165, 1.54) is 12.4 Å². The minimum absolute atomic E-state index is 0.251. The quantitative estimate of drug-likeness (QED) is 0.714. The predicted molar refractivity (Wildman–Crippen MR) is 53.3 cm³/mol.